The molecule has 2 aromatic carbocycles. The zero-order chi connectivity index (χ0) is 29.9. The molecule has 0 spiro atoms. The molecule has 0 aliphatic carbocycles. The lowest BCUT2D eigenvalue weighted by molar-refractivity contribution is -0.140. The number of likely N-dealkylation sites (tertiary alicyclic amines) is 1. The van der Waals surface area contributed by atoms with Crippen LogP contribution in [0.1, 0.15) is 22.6 Å². The van der Waals surface area contributed by atoms with Gasteiger partial charge in [0.2, 0.25) is 5.91 Å². The minimum Gasteiger partial charge on any atom is -0.339 e. The van der Waals surface area contributed by atoms with Crippen molar-refractivity contribution < 1.29 is 22.4 Å². The summed E-state index contributed by atoms with van der Waals surface area (Å²) < 4.78 is 53.4. The van der Waals surface area contributed by atoms with E-state index in [-0.39, 0.29) is 24.4 Å². The van der Waals surface area contributed by atoms with E-state index in [4.69, 9.17) is 23.2 Å². The van der Waals surface area contributed by atoms with Crippen molar-refractivity contribution in [2.75, 3.05) is 80.0 Å². The summed E-state index contributed by atoms with van der Waals surface area (Å²) in [5.41, 5.74) is 0.0521. The van der Waals surface area contributed by atoms with Crippen molar-refractivity contribution in [1.29, 1.82) is 0 Å². The van der Waals surface area contributed by atoms with Crippen LogP contribution in [0.4, 0.5) is 17.6 Å². The molecule has 2 fully saturated rings. The lowest BCUT2D eigenvalue weighted by Gasteiger charge is -2.35. The van der Waals surface area contributed by atoms with E-state index in [9.17, 15) is 22.4 Å². The highest BCUT2D eigenvalue weighted by Gasteiger charge is 2.39. The molecule has 4 rings (SSSR count). The number of alkyl halides is 3. The van der Waals surface area contributed by atoms with Gasteiger partial charge in [-0.05, 0) is 56.5 Å². The number of hydrogen-bond acceptors (Lipinski definition) is 5. The number of carbonyl (C=O) groups is 1. The summed E-state index contributed by atoms with van der Waals surface area (Å²) in [4.78, 5) is 24.0. The Bertz CT molecular complexity index is 1210. The standard InChI is InChI=1S/C29H37Cl2F4N5O/c1-36(2)8-9-38-10-12-39(13-11-38)19-28(41)40-17-22(21-5-7-24(30)25(31)15-21)27(18-40)37(3)16-20-4-6-23(26(32)14-20)29(33,34)35/h4-7,14-15,22,27H,8-13,16-19H2,1-3H3/t22-,27?/m1/s1. The van der Waals surface area contributed by atoms with Crippen LogP contribution in [-0.2, 0) is 17.5 Å². The molecule has 226 valence electrons. The van der Waals surface area contributed by atoms with E-state index in [0.717, 1.165) is 57.0 Å². The van der Waals surface area contributed by atoms with Crippen LogP contribution in [0.15, 0.2) is 36.4 Å². The molecule has 1 amide bonds. The largest absolute Gasteiger partial charge is 0.419 e. The predicted octanol–water partition coefficient (Wildman–Crippen LogP) is 4.76. The van der Waals surface area contributed by atoms with Gasteiger partial charge in [0.25, 0.3) is 0 Å². The van der Waals surface area contributed by atoms with E-state index < -0.39 is 17.6 Å². The van der Waals surface area contributed by atoms with Gasteiger partial charge in [0.1, 0.15) is 5.82 Å². The molecule has 2 atom stereocenters. The summed E-state index contributed by atoms with van der Waals surface area (Å²) >= 11 is 12.5. The number of rotatable bonds is 9. The van der Waals surface area contributed by atoms with Gasteiger partial charge >= 0.3 is 6.18 Å². The van der Waals surface area contributed by atoms with Crippen molar-refractivity contribution in [1.82, 2.24) is 24.5 Å². The van der Waals surface area contributed by atoms with Gasteiger partial charge in [-0.2, -0.15) is 13.2 Å². The van der Waals surface area contributed by atoms with Gasteiger partial charge in [-0.15, -0.1) is 0 Å². The number of piperazine rings is 1. The van der Waals surface area contributed by atoms with Gasteiger partial charge in [0.05, 0.1) is 22.2 Å². The fourth-order valence-corrected chi connectivity index (χ4v) is 5.91. The second-order valence-electron chi connectivity index (χ2n) is 11.3. The number of nitrogens with zero attached hydrogens (tertiary/aromatic N) is 5. The number of halogens is 6. The number of benzene rings is 2. The molecule has 2 heterocycles. The molecule has 2 aliphatic heterocycles. The van der Waals surface area contributed by atoms with Gasteiger partial charge in [-0.25, -0.2) is 4.39 Å². The van der Waals surface area contributed by atoms with E-state index in [1.165, 1.54) is 6.07 Å². The first-order chi connectivity index (χ1) is 19.3. The Kier molecular flexibility index (Phi) is 10.6. The SMILES string of the molecule is CN(C)CCN1CCN(CC(=O)N2CC(N(C)Cc3ccc(C(F)(F)F)c(F)c3)[C@@H](c3ccc(Cl)c(Cl)c3)C2)CC1. The van der Waals surface area contributed by atoms with Crippen LogP contribution in [0, 0.1) is 5.82 Å². The monoisotopic (exact) mass is 617 g/mol. The molecule has 2 saturated heterocycles. The lowest BCUT2D eigenvalue weighted by Crippen LogP contribution is -2.51. The molecule has 1 unspecified atom stereocenters. The van der Waals surface area contributed by atoms with Crippen molar-refractivity contribution in [3.8, 4) is 0 Å². The molecule has 2 aliphatic rings. The normalized spacial score (nSPS) is 20.9. The second-order valence-corrected chi connectivity index (χ2v) is 12.1. The zero-order valence-electron chi connectivity index (χ0n) is 23.6. The number of carbonyl (C=O) groups excluding carboxylic acids is 1. The summed E-state index contributed by atoms with van der Waals surface area (Å²) in [6.45, 7) is 6.94. The maximum atomic E-state index is 14.3. The fraction of sp³-hybridized carbons (Fsp3) is 0.552. The molecular formula is C29H37Cl2F4N5O. The highest BCUT2D eigenvalue weighted by atomic mass is 35.5. The van der Waals surface area contributed by atoms with Crippen molar-refractivity contribution in [2.45, 2.75) is 24.7 Å². The summed E-state index contributed by atoms with van der Waals surface area (Å²) in [6, 6.07) is 8.26. The molecule has 0 bridgehead atoms. The minimum atomic E-state index is -4.75. The summed E-state index contributed by atoms with van der Waals surface area (Å²) in [7, 11) is 5.96. The molecule has 2 aromatic rings. The van der Waals surface area contributed by atoms with Crippen LogP contribution in [-0.4, -0.2) is 116 Å². The third-order valence-electron chi connectivity index (χ3n) is 8.04. The first kappa shape index (κ1) is 32.0. The Hall–Kier alpha value is -1.95. The highest BCUT2D eigenvalue weighted by molar-refractivity contribution is 6.42. The molecule has 0 N–H and O–H groups in total. The van der Waals surface area contributed by atoms with Gasteiger partial charge in [0, 0.05) is 70.9 Å². The quantitative estimate of drug-likeness (QED) is 0.379. The predicted molar refractivity (Wildman–Crippen MR) is 154 cm³/mol. The average molecular weight is 619 g/mol. The minimum absolute atomic E-state index is 0.0354. The highest BCUT2D eigenvalue weighted by Crippen LogP contribution is 2.36. The molecule has 0 radical (unpaired) electrons. The molecule has 0 saturated carbocycles. The van der Waals surface area contributed by atoms with Crippen LogP contribution in [0.25, 0.3) is 0 Å². The number of likely N-dealkylation sites (N-methyl/N-ethyl adjacent to an activating group) is 2. The Labute approximate surface area is 249 Å². The number of hydrogen-bond donors (Lipinski definition) is 0. The smallest absolute Gasteiger partial charge is 0.339 e. The van der Waals surface area contributed by atoms with E-state index in [1.54, 1.807) is 12.1 Å². The third kappa shape index (κ3) is 8.33. The van der Waals surface area contributed by atoms with Crippen LogP contribution >= 0.6 is 23.2 Å². The Morgan fingerprint density at radius 1 is 0.951 bits per heavy atom. The zero-order valence-corrected chi connectivity index (χ0v) is 25.1. The molecule has 0 aromatic heterocycles. The van der Waals surface area contributed by atoms with Crippen LogP contribution in [0.5, 0.6) is 0 Å². The summed E-state index contributed by atoms with van der Waals surface area (Å²) in [5.74, 6) is -1.37. The van der Waals surface area contributed by atoms with Crippen LogP contribution in [0.2, 0.25) is 10.0 Å². The van der Waals surface area contributed by atoms with Gasteiger partial charge in [-0.3, -0.25) is 19.5 Å². The maximum absolute atomic E-state index is 14.3. The third-order valence-corrected chi connectivity index (χ3v) is 8.78. The average Bonchev–Trinajstić information content (AvgIpc) is 3.35. The maximum Gasteiger partial charge on any atom is 0.419 e. The fourth-order valence-electron chi connectivity index (χ4n) is 5.60. The number of amides is 1. The van der Waals surface area contributed by atoms with E-state index >= 15 is 0 Å². The molecular weight excluding hydrogens is 581 g/mol. The first-order valence-electron chi connectivity index (χ1n) is 13.7. The Morgan fingerprint density at radius 3 is 2.24 bits per heavy atom. The lowest BCUT2D eigenvalue weighted by atomic mass is 9.93. The molecule has 6 nitrogen and oxygen atoms in total. The molecule has 41 heavy (non-hydrogen) atoms. The van der Waals surface area contributed by atoms with Crippen molar-refractivity contribution >= 4 is 29.1 Å². The Morgan fingerprint density at radius 2 is 1.63 bits per heavy atom. The van der Waals surface area contributed by atoms with Crippen LogP contribution in [0.3, 0.4) is 0 Å². The molecule has 12 heteroatoms. The van der Waals surface area contributed by atoms with Gasteiger partial charge in [0.15, 0.2) is 0 Å². The van der Waals surface area contributed by atoms with E-state index in [1.807, 2.05) is 22.9 Å². The van der Waals surface area contributed by atoms with Crippen molar-refractivity contribution in [2.24, 2.45) is 0 Å². The topological polar surface area (TPSA) is 33.3 Å². The summed E-state index contributed by atoms with van der Waals surface area (Å²) in [5, 5.41) is 0.837. The Balaban J connectivity index is 1.45. The van der Waals surface area contributed by atoms with Crippen molar-refractivity contribution in [3.63, 3.8) is 0 Å². The van der Waals surface area contributed by atoms with Gasteiger partial charge < -0.3 is 9.80 Å². The second kappa shape index (κ2) is 13.6. The first-order valence-corrected chi connectivity index (χ1v) is 14.5. The van der Waals surface area contributed by atoms with E-state index in [0.29, 0.717) is 35.2 Å². The van der Waals surface area contributed by atoms with Crippen LogP contribution < -0.4 is 0 Å². The van der Waals surface area contributed by atoms with Crippen molar-refractivity contribution in [3.05, 3.63) is 69.0 Å². The van der Waals surface area contributed by atoms with E-state index in [2.05, 4.69) is 28.8 Å². The summed E-state index contributed by atoms with van der Waals surface area (Å²) in [6.07, 6.45) is -4.75. The van der Waals surface area contributed by atoms with Gasteiger partial charge in [-0.1, -0.05) is 35.3 Å².